The van der Waals surface area contributed by atoms with Crippen LogP contribution in [0.25, 0.3) is 0 Å². The van der Waals surface area contributed by atoms with E-state index in [4.69, 9.17) is 4.74 Å². The first-order valence-electron chi connectivity index (χ1n) is 5.34. The van der Waals surface area contributed by atoms with Crippen LogP contribution in [0.15, 0.2) is 0 Å². The molecule has 1 rings (SSSR count). The standard InChI is InChI=1S/C9H12F2O7S/c10-9(11,19-18-17-14)8(13)15-5-7(12)16-6-3-1-2-4-6/h6,14H,1-5H2/p-1. The second kappa shape index (κ2) is 7.58. The Balaban J connectivity index is 2.26. The molecule has 0 unspecified atom stereocenters. The van der Waals surface area contributed by atoms with Crippen LogP contribution in [0.4, 0.5) is 8.78 Å². The predicted molar refractivity (Wildman–Crippen MR) is 54.0 cm³/mol. The molecule has 110 valence electrons. The zero-order chi connectivity index (χ0) is 14.3. The molecular formula is C9H11F2O7S-. The van der Waals surface area contributed by atoms with Crippen LogP contribution in [0.3, 0.4) is 0 Å². The first kappa shape index (κ1) is 16.1. The van der Waals surface area contributed by atoms with Crippen molar-refractivity contribution in [2.75, 3.05) is 6.61 Å². The molecule has 1 aliphatic carbocycles. The van der Waals surface area contributed by atoms with Crippen molar-refractivity contribution in [2.24, 2.45) is 0 Å². The van der Waals surface area contributed by atoms with Crippen LogP contribution in [-0.2, 0) is 28.4 Å². The Morgan fingerprint density at radius 1 is 1.32 bits per heavy atom. The molecule has 0 amide bonds. The lowest BCUT2D eigenvalue weighted by Gasteiger charge is -2.15. The first-order valence-corrected chi connectivity index (χ1v) is 6.08. The van der Waals surface area contributed by atoms with Gasteiger partial charge in [0, 0.05) is 0 Å². The molecule has 0 aromatic rings. The van der Waals surface area contributed by atoms with Crippen molar-refractivity contribution in [3.8, 4) is 0 Å². The molecule has 10 heteroatoms. The Morgan fingerprint density at radius 2 is 1.95 bits per heavy atom. The van der Waals surface area contributed by atoms with Crippen LogP contribution in [0.5, 0.6) is 0 Å². The predicted octanol–water partition coefficient (Wildman–Crippen LogP) is 0.480. The average Bonchev–Trinajstić information content (AvgIpc) is 2.86. The van der Waals surface area contributed by atoms with Crippen molar-refractivity contribution in [3.05, 3.63) is 0 Å². The van der Waals surface area contributed by atoms with Crippen molar-refractivity contribution >= 4 is 24.0 Å². The lowest BCUT2D eigenvalue weighted by atomic mass is 10.3. The van der Waals surface area contributed by atoms with Gasteiger partial charge in [0.1, 0.15) is 18.1 Å². The quantitative estimate of drug-likeness (QED) is 0.290. The minimum atomic E-state index is -4.15. The van der Waals surface area contributed by atoms with Gasteiger partial charge in [-0.25, -0.2) is 9.59 Å². The van der Waals surface area contributed by atoms with Crippen LogP contribution < -0.4 is 5.26 Å². The molecule has 1 fully saturated rings. The van der Waals surface area contributed by atoms with E-state index in [1.54, 1.807) is 0 Å². The number of rotatable bonds is 7. The van der Waals surface area contributed by atoms with Gasteiger partial charge in [0.2, 0.25) is 0 Å². The summed E-state index contributed by atoms with van der Waals surface area (Å²) in [7, 11) is 0. The van der Waals surface area contributed by atoms with E-state index in [0.29, 0.717) is 12.8 Å². The highest BCUT2D eigenvalue weighted by Crippen LogP contribution is 2.31. The third-order valence-electron chi connectivity index (χ3n) is 2.33. The van der Waals surface area contributed by atoms with Crippen LogP contribution in [-0.4, -0.2) is 29.9 Å². The molecular weight excluding hydrogens is 290 g/mol. The van der Waals surface area contributed by atoms with Gasteiger partial charge in [0.05, 0.1) is 0 Å². The van der Waals surface area contributed by atoms with Crippen molar-refractivity contribution in [1.82, 2.24) is 0 Å². The number of hydrogen-bond donors (Lipinski definition) is 0. The molecule has 0 radical (unpaired) electrons. The van der Waals surface area contributed by atoms with E-state index in [0.717, 1.165) is 12.8 Å². The second-order valence-corrected chi connectivity index (χ2v) is 4.52. The van der Waals surface area contributed by atoms with Crippen LogP contribution >= 0.6 is 12.0 Å². The van der Waals surface area contributed by atoms with Gasteiger partial charge < -0.3 is 14.7 Å². The summed E-state index contributed by atoms with van der Waals surface area (Å²) in [5.74, 6) is -2.93. The molecule has 0 heterocycles. The number of hydrogen-bond acceptors (Lipinski definition) is 8. The monoisotopic (exact) mass is 301 g/mol. The maximum Gasteiger partial charge on any atom is 0.415 e. The van der Waals surface area contributed by atoms with Gasteiger partial charge in [-0.05, 0) is 25.7 Å². The smallest absolute Gasteiger partial charge is 0.415 e. The summed E-state index contributed by atoms with van der Waals surface area (Å²) < 4.78 is 38.0. The molecule has 0 spiro atoms. The Kier molecular flexibility index (Phi) is 6.42. The zero-order valence-corrected chi connectivity index (χ0v) is 10.5. The van der Waals surface area contributed by atoms with Crippen molar-refractivity contribution in [1.29, 1.82) is 0 Å². The van der Waals surface area contributed by atoms with Crippen LogP contribution in [0.2, 0.25) is 0 Å². The summed E-state index contributed by atoms with van der Waals surface area (Å²) in [5.41, 5.74) is 0. The van der Waals surface area contributed by atoms with Crippen LogP contribution in [0.1, 0.15) is 25.7 Å². The van der Waals surface area contributed by atoms with Gasteiger partial charge >= 0.3 is 17.2 Å². The molecule has 0 bridgehead atoms. The Bertz CT molecular complexity index is 320. The largest absolute Gasteiger partial charge is 0.691 e. The number of esters is 2. The molecule has 7 nitrogen and oxygen atoms in total. The van der Waals surface area contributed by atoms with E-state index in [1.165, 1.54) is 0 Å². The van der Waals surface area contributed by atoms with Gasteiger partial charge in [-0.3, -0.25) is 5.04 Å². The van der Waals surface area contributed by atoms with Crippen molar-refractivity contribution in [2.45, 2.75) is 37.0 Å². The molecule has 0 N–H and O–H groups in total. The molecule has 0 aromatic heterocycles. The summed E-state index contributed by atoms with van der Waals surface area (Å²) in [6, 6.07) is 0. The fraction of sp³-hybridized carbons (Fsp3) is 0.778. The van der Waals surface area contributed by atoms with Gasteiger partial charge in [-0.2, -0.15) is 13.1 Å². The summed E-state index contributed by atoms with van der Waals surface area (Å²) in [5, 5.41) is 7.88. The van der Waals surface area contributed by atoms with E-state index in [9.17, 15) is 23.6 Å². The normalized spacial score (nSPS) is 16.4. The molecule has 0 aromatic carbocycles. The maximum absolute atomic E-state index is 12.9. The van der Waals surface area contributed by atoms with E-state index >= 15 is 0 Å². The number of halogens is 2. The number of carbonyl (C=O) groups excluding carboxylic acids is 2. The SMILES string of the molecule is O=C(COC(=O)C(F)(F)SOO[O-])OC1CCCC1. The number of alkyl halides is 2. The lowest BCUT2D eigenvalue weighted by Crippen LogP contribution is -2.31. The van der Waals surface area contributed by atoms with Gasteiger partial charge in [0.25, 0.3) is 0 Å². The molecule has 0 aliphatic heterocycles. The summed E-state index contributed by atoms with van der Waals surface area (Å²) in [4.78, 5) is 22.1. The van der Waals surface area contributed by atoms with Gasteiger partial charge in [-0.1, -0.05) is 0 Å². The van der Waals surface area contributed by atoms with Crippen molar-refractivity contribution < 1.29 is 42.5 Å². The first-order chi connectivity index (χ1) is 8.95. The average molecular weight is 301 g/mol. The highest BCUT2D eigenvalue weighted by atomic mass is 32.2. The molecule has 1 saturated carbocycles. The maximum atomic E-state index is 12.9. The van der Waals surface area contributed by atoms with E-state index in [2.05, 4.69) is 14.1 Å². The number of carbonyl (C=O) groups is 2. The van der Waals surface area contributed by atoms with E-state index in [-0.39, 0.29) is 6.10 Å². The third-order valence-corrected chi connectivity index (χ3v) is 2.83. The van der Waals surface area contributed by atoms with E-state index < -0.39 is 35.8 Å². The zero-order valence-electron chi connectivity index (χ0n) is 9.63. The third kappa shape index (κ3) is 5.68. The fourth-order valence-corrected chi connectivity index (χ4v) is 1.77. The second-order valence-electron chi connectivity index (χ2n) is 3.71. The highest BCUT2D eigenvalue weighted by Gasteiger charge is 2.44. The topological polar surface area (TPSA) is 94.1 Å². The van der Waals surface area contributed by atoms with Crippen molar-refractivity contribution in [3.63, 3.8) is 0 Å². The fourth-order valence-electron chi connectivity index (χ4n) is 1.53. The molecule has 19 heavy (non-hydrogen) atoms. The highest BCUT2D eigenvalue weighted by molar-refractivity contribution is 7.96. The summed E-state index contributed by atoms with van der Waals surface area (Å²) in [6.07, 6.45) is 3.02. The van der Waals surface area contributed by atoms with Gasteiger partial charge in [-0.15, -0.1) is 0 Å². The minimum Gasteiger partial charge on any atom is -0.691 e. The van der Waals surface area contributed by atoms with Crippen LogP contribution in [0, 0.1) is 0 Å². The van der Waals surface area contributed by atoms with Gasteiger partial charge in [0.15, 0.2) is 6.61 Å². The minimum absolute atomic E-state index is 0.252. The molecule has 0 saturated heterocycles. The molecule has 1 aliphatic rings. The number of ether oxygens (including phenoxy) is 2. The Labute approximate surface area is 111 Å². The lowest BCUT2D eigenvalue weighted by molar-refractivity contribution is -0.777. The Morgan fingerprint density at radius 3 is 2.53 bits per heavy atom. The Hall–Kier alpha value is -0.970. The summed E-state index contributed by atoms with van der Waals surface area (Å²) in [6.45, 7) is -0.927. The summed E-state index contributed by atoms with van der Waals surface area (Å²) >= 11 is -0.823. The van der Waals surface area contributed by atoms with E-state index in [1.807, 2.05) is 0 Å². The molecule has 0 atom stereocenters.